The van der Waals surface area contributed by atoms with E-state index in [9.17, 15) is 0 Å². The van der Waals surface area contributed by atoms with Crippen molar-refractivity contribution in [2.24, 2.45) is 0 Å². The zero-order valence-electron chi connectivity index (χ0n) is 12.7. The van der Waals surface area contributed by atoms with E-state index in [1.807, 2.05) is 0 Å². The van der Waals surface area contributed by atoms with Crippen molar-refractivity contribution in [2.45, 2.75) is 50.7 Å². The fourth-order valence-corrected chi connectivity index (χ4v) is 3.10. The summed E-state index contributed by atoms with van der Waals surface area (Å²) in [4.78, 5) is 7.30. The summed E-state index contributed by atoms with van der Waals surface area (Å²) in [5.41, 5.74) is 3.63. The minimum Gasteiger partial charge on any atom is -0.371 e. The summed E-state index contributed by atoms with van der Waals surface area (Å²) in [6.07, 6.45) is 6.66. The minimum absolute atomic E-state index is 0.708. The van der Waals surface area contributed by atoms with E-state index >= 15 is 0 Å². The van der Waals surface area contributed by atoms with Gasteiger partial charge in [-0.05, 0) is 44.2 Å². The third-order valence-corrected chi connectivity index (χ3v) is 4.90. The lowest BCUT2D eigenvalue weighted by atomic mass is 9.91. The van der Waals surface area contributed by atoms with Gasteiger partial charge < -0.3 is 10.2 Å². The number of fused-ring (bicyclic) bond motifs is 1. The highest BCUT2D eigenvalue weighted by Gasteiger charge is 2.24. The summed E-state index contributed by atoms with van der Waals surface area (Å²) in [6.45, 7) is 0.890. The number of pyridine rings is 1. The van der Waals surface area contributed by atoms with Gasteiger partial charge in [0.2, 0.25) is 0 Å². The molecule has 2 aromatic rings. The van der Waals surface area contributed by atoms with Gasteiger partial charge in [0.25, 0.3) is 0 Å². The van der Waals surface area contributed by atoms with Gasteiger partial charge in [0.05, 0.1) is 11.2 Å². The molecule has 1 aromatic heterocycles. The van der Waals surface area contributed by atoms with Crippen molar-refractivity contribution in [1.82, 2.24) is 10.3 Å². The predicted octanol–water partition coefficient (Wildman–Crippen LogP) is 3.48. The minimum atomic E-state index is 0.708. The Hall–Kier alpha value is -1.61. The first-order valence-electron chi connectivity index (χ1n) is 8.16. The second-order valence-corrected chi connectivity index (χ2v) is 6.50. The predicted molar refractivity (Wildman–Crippen MR) is 87.6 cm³/mol. The van der Waals surface area contributed by atoms with Crippen molar-refractivity contribution < 1.29 is 0 Å². The molecule has 0 amide bonds. The van der Waals surface area contributed by atoms with Crippen molar-refractivity contribution >= 4 is 16.6 Å². The number of para-hydroxylation sites is 1. The molecule has 1 N–H and O–H groups in total. The maximum atomic E-state index is 4.83. The Morgan fingerprint density at radius 1 is 1.19 bits per heavy atom. The van der Waals surface area contributed by atoms with Crippen LogP contribution in [0.5, 0.6) is 0 Å². The number of hydrogen-bond acceptors (Lipinski definition) is 3. The van der Waals surface area contributed by atoms with Crippen LogP contribution in [0.15, 0.2) is 30.3 Å². The van der Waals surface area contributed by atoms with Gasteiger partial charge in [0, 0.05) is 36.7 Å². The molecule has 1 aromatic carbocycles. The Balaban J connectivity index is 1.70. The molecule has 0 unspecified atom stereocenters. The normalized spacial score (nSPS) is 18.7. The average Bonchev–Trinajstić information content (AvgIpc) is 3.26. The second kappa shape index (κ2) is 5.30. The van der Waals surface area contributed by atoms with Crippen LogP contribution in [0.4, 0.5) is 5.69 Å². The number of hydrogen-bond donors (Lipinski definition) is 1. The molecule has 0 atom stereocenters. The molecule has 2 aliphatic rings. The largest absolute Gasteiger partial charge is 0.371 e. The molecule has 0 spiro atoms. The highest BCUT2D eigenvalue weighted by molar-refractivity contribution is 5.92. The second-order valence-electron chi connectivity index (χ2n) is 6.50. The fraction of sp³-hybridized carbons (Fsp3) is 0.500. The Kier molecular flexibility index (Phi) is 3.30. The van der Waals surface area contributed by atoms with Gasteiger partial charge in [-0.1, -0.05) is 18.2 Å². The summed E-state index contributed by atoms with van der Waals surface area (Å²) in [6, 6.07) is 12.3. The molecule has 3 nitrogen and oxygen atoms in total. The summed E-state index contributed by atoms with van der Waals surface area (Å²) in [7, 11) is 2.24. The average molecular weight is 281 g/mol. The molecule has 0 aliphatic heterocycles. The van der Waals surface area contributed by atoms with Crippen LogP contribution in [0.2, 0.25) is 0 Å². The van der Waals surface area contributed by atoms with Crippen molar-refractivity contribution in [3.63, 3.8) is 0 Å². The molecule has 2 aliphatic carbocycles. The van der Waals surface area contributed by atoms with E-state index in [0.29, 0.717) is 6.04 Å². The molecule has 110 valence electrons. The summed E-state index contributed by atoms with van der Waals surface area (Å²) in [5, 5.41) is 4.86. The van der Waals surface area contributed by atoms with E-state index in [2.05, 4.69) is 47.6 Å². The van der Waals surface area contributed by atoms with Crippen LogP contribution in [0.25, 0.3) is 10.9 Å². The number of nitrogens with one attached hydrogen (secondary N) is 1. The van der Waals surface area contributed by atoms with Gasteiger partial charge >= 0.3 is 0 Å². The molecular weight excluding hydrogens is 258 g/mol. The Morgan fingerprint density at radius 3 is 2.71 bits per heavy atom. The van der Waals surface area contributed by atoms with Gasteiger partial charge in [-0.25, -0.2) is 0 Å². The zero-order chi connectivity index (χ0) is 14.2. The van der Waals surface area contributed by atoms with Crippen molar-refractivity contribution in [3.05, 3.63) is 36.0 Å². The van der Waals surface area contributed by atoms with Crippen LogP contribution in [0, 0.1) is 0 Å². The lowest BCUT2D eigenvalue weighted by Crippen LogP contribution is -2.37. The number of benzene rings is 1. The maximum Gasteiger partial charge on any atom is 0.0726 e. The van der Waals surface area contributed by atoms with Crippen LogP contribution in [-0.4, -0.2) is 24.1 Å². The lowest BCUT2D eigenvalue weighted by molar-refractivity contribution is 0.401. The van der Waals surface area contributed by atoms with E-state index in [-0.39, 0.29) is 0 Å². The topological polar surface area (TPSA) is 28.2 Å². The van der Waals surface area contributed by atoms with E-state index in [4.69, 9.17) is 4.98 Å². The molecule has 0 radical (unpaired) electrons. The van der Waals surface area contributed by atoms with Gasteiger partial charge in [-0.2, -0.15) is 0 Å². The SMILES string of the molecule is CN(c1cc(CNC2CC2)nc2ccccc12)C1CCC1. The third kappa shape index (κ3) is 2.62. The lowest BCUT2D eigenvalue weighted by Gasteiger charge is -2.37. The molecule has 2 saturated carbocycles. The summed E-state index contributed by atoms with van der Waals surface area (Å²) in [5.74, 6) is 0. The van der Waals surface area contributed by atoms with Gasteiger partial charge in [0.15, 0.2) is 0 Å². The van der Waals surface area contributed by atoms with Crippen molar-refractivity contribution in [1.29, 1.82) is 0 Å². The molecule has 0 bridgehead atoms. The standard InChI is InChI=1S/C18H23N3/c1-21(15-5-4-6-15)18-11-14(12-19-13-9-10-13)20-17-8-3-2-7-16(17)18/h2-3,7-8,11,13,15,19H,4-6,9-10,12H2,1H3. The molecule has 2 fully saturated rings. The smallest absolute Gasteiger partial charge is 0.0726 e. The van der Waals surface area contributed by atoms with Crippen LogP contribution in [0.3, 0.4) is 0 Å². The van der Waals surface area contributed by atoms with Crippen LogP contribution < -0.4 is 10.2 Å². The van der Waals surface area contributed by atoms with E-state index < -0.39 is 0 Å². The van der Waals surface area contributed by atoms with Crippen LogP contribution >= 0.6 is 0 Å². The van der Waals surface area contributed by atoms with Crippen LogP contribution in [-0.2, 0) is 6.54 Å². The molecule has 0 saturated heterocycles. The molecular formula is C18H23N3. The highest BCUT2D eigenvalue weighted by Crippen LogP contribution is 2.33. The monoisotopic (exact) mass is 281 g/mol. The quantitative estimate of drug-likeness (QED) is 0.909. The zero-order valence-corrected chi connectivity index (χ0v) is 12.7. The van der Waals surface area contributed by atoms with E-state index in [0.717, 1.165) is 18.1 Å². The number of aromatic nitrogens is 1. The van der Waals surface area contributed by atoms with Gasteiger partial charge in [-0.15, -0.1) is 0 Å². The molecule has 3 heteroatoms. The first-order chi connectivity index (χ1) is 10.3. The number of anilines is 1. The Morgan fingerprint density at radius 2 is 2.00 bits per heavy atom. The Labute approximate surface area is 126 Å². The van der Waals surface area contributed by atoms with Crippen LogP contribution in [0.1, 0.15) is 37.8 Å². The van der Waals surface area contributed by atoms with Crippen molar-refractivity contribution in [3.8, 4) is 0 Å². The number of rotatable bonds is 5. The molecule has 1 heterocycles. The highest BCUT2D eigenvalue weighted by atomic mass is 15.1. The first-order valence-corrected chi connectivity index (χ1v) is 8.16. The summed E-state index contributed by atoms with van der Waals surface area (Å²) < 4.78 is 0. The van der Waals surface area contributed by atoms with E-state index in [1.54, 1.807) is 0 Å². The van der Waals surface area contributed by atoms with E-state index in [1.165, 1.54) is 48.9 Å². The molecule has 21 heavy (non-hydrogen) atoms. The number of nitrogens with zero attached hydrogens (tertiary/aromatic N) is 2. The fourth-order valence-electron chi connectivity index (χ4n) is 3.10. The summed E-state index contributed by atoms with van der Waals surface area (Å²) >= 11 is 0. The Bertz CT molecular complexity index is 644. The molecule has 4 rings (SSSR count). The van der Waals surface area contributed by atoms with Gasteiger partial charge in [-0.3, -0.25) is 4.98 Å². The third-order valence-electron chi connectivity index (χ3n) is 4.90. The maximum absolute atomic E-state index is 4.83. The van der Waals surface area contributed by atoms with Gasteiger partial charge in [0.1, 0.15) is 0 Å². The van der Waals surface area contributed by atoms with Crippen molar-refractivity contribution in [2.75, 3.05) is 11.9 Å². The first kappa shape index (κ1) is 13.1.